The van der Waals surface area contributed by atoms with Crippen LogP contribution in [0.3, 0.4) is 0 Å². The van der Waals surface area contributed by atoms with Gasteiger partial charge >= 0.3 is 5.97 Å². The van der Waals surface area contributed by atoms with Crippen LogP contribution in [0.25, 0.3) is 0 Å². The van der Waals surface area contributed by atoms with E-state index in [1.54, 1.807) is 19.1 Å². The van der Waals surface area contributed by atoms with Crippen LogP contribution in [0.5, 0.6) is 0 Å². The molecule has 2 rings (SSSR count). The number of nitrogens with zero attached hydrogens (tertiary/aromatic N) is 1. The number of hydrogen-bond donors (Lipinski definition) is 2. The van der Waals surface area contributed by atoms with Crippen LogP contribution in [-0.4, -0.2) is 22.0 Å². The number of amides is 1. The first kappa shape index (κ1) is 14.8. The van der Waals surface area contributed by atoms with Crippen molar-refractivity contribution in [1.29, 1.82) is 0 Å². The number of rotatable bonds is 4. The molecule has 1 aromatic heterocycles. The lowest BCUT2D eigenvalue weighted by Gasteiger charge is -2.17. The summed E-state index contributed by atoms with van der Waals surface area (Å²) in [4.78, 5) is 27.4. The second kappa shape index (κ2) is 5.78. The highest BCUT2D eigenvalue weighted by Crippen LogP contribution is 2.21. The lowest BCUT2D eigenvalue weighted by molar-refractivity contribution is -0.139. The average molecular weight is 288 g/mol. The number of benzene rings is 1. The first-order chi connectivity index (χ1) is 9.91. The smallest absolute Gasteiger partial charge is 0.330 e. The molecule has 2 aromatic rings. The lowest BCUT2D eigenvalue weighted by atomic mass is 9.97. The summed E-state index contributed by atoms with van der Waals surface area (Å²) in [6.07, 6.45) is 1.15. The van der Waals surface area contributed by atoms with Gasteiger partial charge in [0.15, 0.2) is 12.4 Å². The summed E-state index contributed by atoms with van der Waals surface area (Å²) in [5, 5.41) is 11.9. The minimum Gasteiger partial charge on any atom is -0.479 e. The van der Waals surface area contributed by atoms with Gasteiger partial charge in [0.1, 0.15) is 0 Å². The van der Waals surface area contributed by atoms with Crippen LogP contribution in [0.2, 0.25) is 0 Å². The normalized spacial score (nSPS) is 12.0. The zero-order valence-electron chi connectivity index (χ0n) is 12.0. The molecule has 0 aliphatic carbocycles. The molecule has 1 aromatic carbocycles. The van der Waals surface area contributed by atoms with E-state index in [1.807, 2.05) is 19.9 Å². The predicted molar refractivity (Wildman–Crippen MR) is 75.0 cm³/mol. The van der Waals surface area contributed by atoms with E-state index in [1.165, 1.54) is 0 Å². The molecule has 0 saturated carbocycles. The van der Waals surface area contributed by atoms with Gasteiger partial charge in [-0.25, -0.2) is 9.78 Å². The molecular formula is C15H16N2O4. The van der Waals surface area contributed by atoms with E-state index in [2.05, 4.69) is 10.3 Å². The zero-order valence-corrected chi connectivity index (χ0v) is 12.0. The second-order valence-electron chi connectivity index (χ2n) is 4.80. The van der Waals surface area contributed by atoms with Gasteiger partial charge in [-0.05, 0) is 37.5 Å². The van der Waals surface area contributed by atoms with E-state index in [-0.39, 0.29) is 5.76 Å². The molecule has 6 nitrogen and oxygen atoms in total. The van der Waals surface area contributed by atoms with Crippen LogP contribution in [0.1, 0.15) is 39.0 Å². The van der Waals surface area contributed by atoms with Gasteiger partial charge in [0.2, 0.25) is 5.76 Å². The largest absolute Gasteiger partial charge is 0.479 e. The standard InChI is InChI=1S/C15H16N2O4/c1-8-5-4-6-11(9(8)2)12(15(19)20)17-14(18)13-10(3)16-7-21-13/h4-7,12H,1-3H3,(H,17,18)(H,19,20). The molecule has 21 heavy (non-hydrogen) atoms. The molecule has 0 aliphatic rings. The molecule has 0 bridgehead atoms. The minimum absolute atomic E-state index is 0.0200. The molecular weight excluding hydrogens is 272 g/mol. The van der Waals surface area contributed by atoms with Crippen molar-refractivity contribution in [2.75, 3.05) is 0 Å². The number of carbonyl (C=O) groups excluding carboxylic acids is 1. The van der Waals surface area contributed by atoms with Crippen LogP contribution in [0.4, 0.5) is 0 Å². The Hall–Kier alpha value is -2.63. The number of aromatic nitrogens is 1. The number of carboxylic acids is 1. The Bertz CT molecular complexity index is 691. The van der Waals surface area contributed by atoms with Gasteiger partial charge in [0.05, 0.1) is 5.69 Å². The molecule has 1 atom stereocenters. The minimum atomic E-state index is -1.14. The van der Waals surface area contributed by atoms with Gasteiger partial charge < -0.3 is 14.8 Å². The van der Waals surface area contributed by atoms with E-state index >= 15 is 0 Å². The van der Waals surface area contributed by atoms with E-state index in [0.29, 0.717) is 11.3 Å². The molecule has 0 radical (unpaired) electrons. The maximum Gasteiger partial charge on any atom is 0.330 e. The van der Waals surface area contributed by atoms with Gasteiger partial charge in [-0.15, -0.1) is 0 Å². The van der Waals surface area contributed by atoms with Crippen LogP contribution in [0, 0.1) is 20.8 Å². The van der Waals surface area contributed by atoms with E-state index in [4.69, 9.17) is 4.42 Å². The predicted octanol–water partition coefficient (Wildman–Crippen LogP) is 2.16. The molecule has 0 spiro atoms. The van der Waals surface area contributed by atoms with Crippen molar-refractivity contribution in [3.63, 3.8) is 0 Å². The topological polar surface area (TPSA) is 92.4 Å². The molecule has 6 heteroatoms. The van der Waals surface area contributed by atoms with Crippen molar-refractivity contribution < 1.29 is 19.1 Å². The van der Waals surface area contributed by atoms with Gasteiger partial charge in [-0.1, -0.05) is 18.2 Å². The molecule has 0 aliphatic heterocycles. The van der Waals surface area contributed by atoms with Crippen LogP contribution >= 0.6 is 0 Å². The maximum absolute atomic E-state index is 12.1. The third kappa shape index (κ3) is 2.94. The highest BCUT2D eigenvalue weighted by atomic mass is 16.4. The summed E-state index contributed by atoms with van der Waals surface area (Å²) in [6.45, 7) is 5.33. The fourth-order valence-electron chi connectivity index (χ4n) is 2.08. The first-order valence-corrected chi connectivity index (χ1v) is 6.41. The Morgan fingerprint density at radius 3 is 2.57 bits per heavy atom. The van der Waals surface area contributed by atoms with Crippen LogP contribution in [0.15, 0.2) is 29.0 Å². The third-order valence-electron chi connectivity index (χ3n) is 3.43. The highest BCUT2D eigenvalue weighted by molar-refractivity contribution is 5.95. The van der Waals surface area contributed by atoms with E-state index in [0.717, 1.165) is 17.5 Å². The Morgan fingerprint density at radius 1 is 1.29 bits per heavy atom. The zero-order chi connectivity index (χ0) is 15.6. The third-order valence-corrected chi connectivity index (χ3v) is 3.43. The van der Waals surface area contributed by atoms with E-state index < -0.39 is 17.9 Å². The summed E-state index contributed by atoms with van der Waals surface area (Å²) in [5.74, 6) is -1.71. The lowest BCUT2D eigenvalue weighted by Crippen LogP contribution is -2.34. The first-order valence-electron chi connectivity index (χ1n) is 6.41. The maximum atomic E-state index is 12.1. The number of hydrogen-bond acceptors (Lipinski definition) is 4. The van der Waals surface area contributed by atoms with Gasteiger partial charge in [0, 0.05) is 0 Å². The summed E-state index contributed by atoms with van der Waals surface area (Å²) < 4.78 is 4.98. The summed E-state index contributed by atoms with van der Waals surface area (Å²) >= 11 is 0. The Balaban J connectivity index is 2.33. The number of carbonyl (C=O) groups is 2. The van der Waals surface area contributed by atoms with Crippen molar-refractivity contribution in [3.05, 3.63) is 52.7 Å². The monoisotopic (exact) mass is 288 g/mol. The highest BCUT2D eigenvalue weighted by Gasteiger charge is 2.26. The van der Waals surface area contributed by atoms with Gasteiger partial charge in [-0.2, -0.15) is 0 Å². The number of carboxylic acid groups (broad SMARTS) is 1. The van der Waals surface area contributed by atoms with Crippen molar-refractivity contribution in [2.24, 2.45) is 0 Å². The number of aliphatic carboxylic acids is 1. The fourth-order valence-corrected chi connectivity index (χ4v) is 2.08. The summed E-state index contributed by atoms with van der Waals surface area (Å²) in [6, 6.07) is 4.20. The Kier molecular flexibility index (Phi) is 4.07. The molecule has 110 valence electrons. The number of oxazole rings is 1. The second-order valence-corrected chi connectivity index (χ2v) is 4.80. The van der Waals surface area contributed by atoms with Crippen molar-refractivity contribution in [3.8, 4) is 0 Å². The molecule has 2 N–H and O–H groups in total. The number of nitrogens with one attached hydrogen (secondary N) is 1. The quantitative estimate of drug-likeness (QED) is 0.899. The van der Waals surface area contributed by atoms with Gasteiger partial charge in [-0.3, -0.25) is 4.79 Å². The number of aryl methyl sites for hydroxylation is 2. The van der Waals surface area contributed by atoms with Crippen molar-refractivity contribution >= 4 is 11.9 Å². The molecule has 0 saturated heterocycles. The Labute approximate surface area is 121 Å². The molecule has 1 unspecified atom stereocenters. The van der Waals surface area contributed by atoms with Gasteiger partial charge in [0.25, 0.3) is 5.91 Å². The average Bonchev–Trinajstić information content (AvgIpc) is 2.85. The molecule has 1 heterocycles. The van der Waals surface area contributed by atoms with Crippen LogP contribution in [-0.2, 0) is 4.79 Å². The van der Waals surface area contributed by atoms with E-state index in [9.17, 15) is 14.7 Å². The van der Waals surface area contributed by atoms with Crippen LogP contribution < -0.4 is 5.32 Å². The fraction of sp³-hybridized carbons (Fsp3) is 0.267. The SMILES string of the molecule is Cc1cccc(C(NC(=O)c2ocnc2C)C(=O)O)c1C. The summed E-state index contributed by atoms with van der Waals surface area (Å²) in [7, 11) is 0. The van der Waals surface area contributed by atoms with Crippen molar-refractivity contribution in [2.45, 2.75) is 26.8 Å². The Morgan fingerprint density at radius 2 is 2.00 bits per heavy atom. The summed E-state index contributed by atoms with van der Waals surface area (Å²) in [5.41, 5.74) is 2.76. The molecule has 0 fully saturated rings. The molecule has 1 amide bonds. The van der Waals surface area contributed by atoms with Crippen molar-refractivity contribution in [1.82, 2.24) is 10.3 Å².